The van der Waals surface area contributed by atoms with Crippen molar-refractivity contribution in [2.75, 3.05) is 0 Å². The first-order valence-electron chi connectivity index (χ1n) is 8.25. The van der Waals surface area contributed by atoms with Crippen molar-refractivity contribution in [1.29, 1.82) is 0 Å². The minimum atomic E-state index is -0.471. The predicted molar refractivity (Wildman–Crippen MR) is 97.7 cm³/mol. The summed E-state index contributed by atoms with van der Waals surface area (Å²) in [7, 11) is 0. The molecule has 4 aromatic rings. The molecule has 0 radical (unpaired) electrons. The third-order valence-corrected chi connectivity index (χ3v) is 3.90. The number of nitrogens with one attached hydrogen (secondary N) is 2. The number of amides is 2. The standard InChI is InChI=1S/C18H14N8O2/c27-17(13-6-8-16(9-7-13)26-12-19-23-24-26)21-22-18(28)14-10-20-25(11-14)15-4-2-1-3-5-15/h1-12H,(H,21,27)(H,22,28). The Morgan fingerprint density at radius 3 is 2.14 bits per heavy atom. The number of hydrogen-bond acceptors (Lipinski definition) is 6. The first-order chi connectivity index (χ1) is 13.7. The second kappa shape index (κ2) is 7.50. The van der Waals surface area contributed by atoms with Gasteiger partial charge in [0.15, 0.2) is 0 Å². The minimum Gasteiger partial charge on any atom is -0.267 e. The van der Waals surface area contributed by atoms with Gasteiger partial charge in [-0.25, -0.2) is 9.36 Å². The monoisotopic (exact) mass is 374 g/mol. The highest BCUT2D eigenvalue weighted by Gasteiger charge is 2.12. The number of hydrazine groups is 1. The molecule has 138 valence electrons. The van der Waals surface area contributed by atoms with Crippen molar-refractivity contribution in [2.24, 2.45) is 0 Å². The highest BCUT2D eigenvalue weighted by molar-refractivity contribution is 5.98. The molecule has 4 rings (SSSR count). The van der Waals surface area contributed by atoms with Crippen LogP contribution in [0, 0.1) is 0 Å². The maximum Gasteiger partial charge on any atom is 0.272 e. The van der Waals surface area contributed by atoms with E-state index < -0.39 is 11.8 Å². The largest absolute Gasteiger partial charge is 0.272 e. The van der Waals surface area contributed by atoms with Crippen LogP contribution in [0.3, 0.4) is 0 Å². The summed E-state index contributed by atoms with van der Waals surface area (Å²) in [4.78, 5) is 24.4. The fourth-order valence-corrected chi connectivity index (χ4v) is 2.46. The molecule has 2 amide bonds. The van der Waals surface area contributed by atoms with Crippen molar-refractivity contribution in [3.63, 3.8) is 0 Å². The number of nitrogens with zero attached hydrogens (tertiary/aromatic N) is 6. The van der Waals surface area contributed by atoms with E-state index in [9.17, 15) is 9.59 Å². The lowest BCUT2D eigenvalue weighted by Gasteiger charge is -2.07. The molecular weight excluding hydrogens is 360 g/mol. The molecule has 0 unspecified atom stereocenters. The van der Waals surface area contributed by atoms with Gasteiger partial charge in [-0.1, -0.05) is 18.2 Å². The lowest BCUT2D eigenvalue weighted by atomic mass is 10.2. The molecule has 0 bridgehead atoms. The maximum absolute atomic E-state index is 12.2. The normalized spacial score (nSPS) is 10.4. The fourth-order valence-electron chi connectivity index (χ4n) is 2.46. The van der Waals surface area contributed by atoms with Crippen molar-refractivity contribution in [2.45, 2.75) is 0 Å². The van der Waals surface area contributed by atoms with Crippen LogP contribution < -0.4 is 10.9 Å². The Morgan fingerprint density at radius 2 is 1.46 bits per heavy atom. The van der Waals surface area contributed by atoms with E-state index in [0.29, 0.717) is 16.8 Å². The summed E-state index contributed by atoms with van der Waals surface area (Å²) in [5.74, 6) is -0.923. The van der Waals surface area contributed by atoms with Gasteiger partial charge in [0.25, 0.3) is 11.8 Å². The van der Waals surface area contributed by atoms with Gasteiger partial charge in [0, 0.05) is 11.8 Å². The zero-order chi connectivity index (χ0) is 19.3. The zero-order valence-corrected chi connectivity index (χ0v) is 14.4. The van der Waals surface area contributed by atoms with E-state index in [1.165, 1.54) is 17.2 Å². The summed E-state index contributed by atoms with van der Waals surface area (Å²) in [6, 6.07) is 16.0. The molecule has 0 aliphatic carbocycles. The summed E-state index contributed by atoms with van der Waals surface area (Å²) in [5, 5.41) is 15.0. The van der Waals surface area contributed by atoms with Gasteiger partial charge in [-0.3, -0.25) is 20.4 Å². The second-order valence-electron chi connectivity index (χ2n) is 5.72. The molecule has 0 aliphatic rings. The Balaban J connectivity index is 1.37. The van der Waals surface area contributed by atoms with Crippen LogP contribution in [0.5, 0.6) is 0 Å². The van der Waals surface area contributed by atoms with Crippen molar-refractivity contribution < 1.29 is 9.59 Å². The number of para-hydroxylation sites is 1. The average molecular weight is 374 g/mol. The Bertz CT molecular complexity index is 1090. The number of tetrazole rings is 1. The summed E-state index contributed by atoms with van der Waals surface area (Å²) >= 11 is 0. The van der Waals surface area contributed by atoms with E-state index in [1.54, 1.807) is 35.1 Å². The first kappa shape index (κ1) is 17.1. The second-order valence-corrected chi connectivity index (χ2v) is 5.72. The average Bonchev–Trinajstić information content (AvgIpc) is 3.45. The summed E-state index contributed by atoms with van der Waals surface area (Å²) in [5.41, 5.74) is 6.98. The molecule has 0 spiro atoms. The van der Waals surface area contributed by atoms with E-state index >= 15 is 0 Å². The predicted octanol–water partition coefficient (Wildman–Crippen LogP) is 0.923. The van der Waals surface area contributed by atoms with Crippen LogP contribution >= 0.6 is 0 Å². The Morgan fingerprint density at radius 1 is 0.786 bits per heavy atom. The Labute approximate surface area is 158 Å². The van der Waals surface area contributed by atoms with Crippen LogP contribution in [0.4, 0.5) is 0 Å². The smallest absolute Gasteiger partial charge is 0.267 e. The van der Waals surface area contributed by atoms with Gasteiger partial charge in [0.2, 0.25) is 0 Å². The molecule has 0 aliphatic heterocycles. The third-order valence-electron chi connectivity index (χ3n) is 3.90. The van der Waals surface area contributed by atoms with Crippen LogP contribution in [0.2, 0.25) is 0 Å². The van der Waals surface area contributed by atoms with Crippen LogP contribution in [0.15, 0.2) is 73.3 Å². The minimum absolute atomic E-state index is 0.318. The molecule has 0 saturated carbocycles. The molecule has 0 atom stereocenters. The van der Waals surface area contributed by atoms with E-state index in [2.05, 4.69) is 31.5 Å². The molecule has 0 fully saturated rings. The van der Waals surface area contributed by atoms with E-state index in [-0.39, 0.29) is 0 Å². The topological polar surface area (TPSA) is 120 Å². The maximum atomic E-state index is 12.2. The molecule has 0 saturated heterocycles. The van der Waals surface area contributed by atoms with E-state index in [0.717, 1.165) is 5.69 Å². The van der Waals surface area contributed by atoms with Gasteiger partial charge in [-0.15, -0.1) is 5.10 Å². The quantitative estimate of drug-likeness (QED) is 0.513. The molecule has 10 nitrogen and oxygen atoms in total. The number of aromatic nitrogens is 6. The molecule has 2 heterocycles. The highest BCUT2D eigenvalue weighted by atomic mass is 16.2. The summed E-state index contributed by atoms with van der Waals surface area (Å²) in [6.07, 6.45) is 4.46. The number of carbonyl (C=O) groups excluding carboxylic acids is 2. The third kappa shape index (κ3) is 3.60. The zero-order valence-electron chi connectivity index (χ0n) is 14.4. The van der Waals surface area contributed by atoms with Gasteiger partial charge in [0.1, 0.15) is 6.33 Å². The van der Waals surface area contributed by atoms with Crippen LogP contribution in [-0.2, 0) is 0 Å². The van der Waals surface area contributed by atoms with Gasteiger partial charge in [0.05, 0.1) is 23.1 Å². The van der Waals surface area contributed by atoms with Crippen molar-refractivity contribution in [3.05, 3.63) is 84.4 Å². The molecular formula is C18H14N8O2. The number of benzene rings is 2. The van der Waals surface area contributed by atoms with Crippen molar-refractivity contribution in [3.8, 4) is 11.4 Å². The number of rotatable bonds is 4. The Hall–Kier alpha value is -4.34. The van der Waals surface area contributed by atoms with Crippen LogP contribution in [0.25, 0.3) is 11.4 Å². The SMILES string of the molecule is O=C(NNC(=O)c1cnn(-c2ccccc2)c1)c1ccc(-n2cnnn2)cc1. The first-order valence-corrected chi connectivity index (χ1v) is 8.25. The Kier molecular flexibility index (Phi) is 4.58. The van der Waals surface area contributed by atoms with E-state index in [4.69, 9.17) is 0 Å². The molecule has 2 aromatic carbocycles. The molecule has 2 N–H and O–H groups in total. The summed E-state index contributed by atoms with van der Waals surface area (Å²) < 4.78 is 3.04. The highest BCUT2D eigenvalue weighted by Crippen LogP contribution is 2.09. The van der Waals surface area contributed by atoms with Gasteiger partial charge in [-0.05, 0) is 46.8 Å². The summed E-state index contributed by atoms with van der Waals surface area (Å²) in [6.45, 7) is 0. The molecule has 2 aromatic heterocycles. The number of carbonyl (C=O) groups is 2. The number of hydrogen-bond donors (Lipinski definition) is 2. The van der Waals surface area contributed by atoms with Gasteiger partial charge >= 0.3 is 0 Å². The van der Waals surface area contributed by atoms with Crippen LogP contribution in [-0.4, -0.2) is 41.8 Å². The molecule has 10 heteroatoms. The molecule has 28 heavy (non-hydrogen) atoms. The lowest BCUT2D eigenvalue weighted by molar-refractivity contribution is 0.0846. The van der Waals surface area contributed by atoms with Crippen LogP contribution in [0.1, 0.15) is 20.7 Å². The van der Waals surface area contributed by atoms with Gasteiger partial charge in [-0.2, -0.15) is 5.10 Å². The lowest BCUT2D eigenvalue weighted by Crippen LogP contribution is -2.41. The van der Waals surface area contributed by atoms with Crippen molar-refractivity contribution >= 4 is 11.8 Å². The van der Waals surface area contributed by atoms with Crippen molar-refractivity contribution in [1.82, 2.24) is 40.8 Å². The fraction of sp³-hybridized carbons (Fsp3) is 0. The van der Waals surface area contributed by atoms with E-state index in [1.807, 2.05) is 30.3 Å². The van der Waals surface area contributed by atoms with Gasteiger partial charge < -0.3 is 0 Å².